The number of methoxy groups -OCH3 is 3. The van der Waals surface area contributed by atoms with Gasteiger partial charge in [0.1, 0.15) is 5.69 Å². The van der Waals surface area contributed by atoms with Crippen molar-refractivity contribution in [2.45, 2.75) is 32.9 Å². The zero-order valence-corrected chi connectivity index (χ0v) is 16.9. The number of carbonyl (C=O) groups is 1. The minimum Gasteiger partial charge on any atom is -0.493 e. The summed E-state index contributed by atoms with van der Waals surface area (Å²) in [6, 6.07) is 3.49. The lowest BCUT2D eigenvalue weighted by Gasteiger charge is -2.18. The van der Waals surface area contributed by atoms with E-state index in [0.717, 1.165) is 13.0 Å². The molecule has 1 aromatic carbocycles. The van der Waals surface area contributed by atoms with Crippen molar-refractivity contribution in [2.24, 2.45) is 0 Å². The largest absolute Gasteiger partial charge is 0.493 e. The summed E-state index contributed by atoms with van der Waals surface area (Å²) in [5.41, 5.74) is 2.08. The molecular weight excluding hydrogens is 364 g/mol. The first-order chi connectivity index (χ1) is 13.4. The van der Waals surface area contributed by atoms with Crippen LogP contribution in [0, 0.1) is 0 Å². The molecule has 2 aromatic rings. The summed E-state index contributed by atoms with van der Waals surface area (Å²) in [6.45, 7) is 4.76. The van der Waals surface area contributed by atoms with Crippen molar-refractivity contribution < 1.29 is 29.2 Å². The molecule has 1 atom stereocenters. The van der Waals surface area contributed by atoms with Crippen LogP contribution >= 0.6 is 0 Å². The van der Waals surface area contributed by atoms with Crippen LogP contribution in [0.5, 0.6) is 17.2 Å². The van der Waals surface area contributed by atoms with Crippen molar-refractivity contribution in [1.82, 2.24) is 10.3 Å². The predicted octanol–water partition coefficient (Wildman–Crippen LogP) is 2.96. The molecule has 8 heteroatoms. The molecule has 1 unspecified atom stereocenters. The molecule has 2 rings (SSSR count). The summed E-state index contributed by atoms with van der Waals surface area (Å²) >= 11 is 0. The van der Waals surface area contributed by atoms with E-state index in [0.29, 0.717) is 46.2 Å². The minimum atomic E-state index is -1.14. The molecule has 0 amide bonds. The quantitative estimate of drug-likeness (QED) is 0.460. The third-order valence-corrected chi connectivity index (χ3v) is 4.45. The van der Waals surface area contributed by atoms with Crippen molar-refractivity contribution in [3.63, 3.8) is 0 Å². The van der Waals surface area contributed by atoms with Gasteiger partial charge in [0, 0.05) is 28.9 Å². The van der Waals surface area contributed by atoms with Crippen LogP contribution in [0.1, 0.15) is 48.1 Å². The standard InChI is InChI=1S/C20H28N2O6/c1-6-9-21-10-13-16(15(11(2)23)17(22-13)20(24)25)12-7-8-14(26-3)19(28-5)18(12)27-4/h7-8,11,21-23H,6,9-10H2,1-5H3,(H,24,25). The van der Waals surface area contributed by atoms with Gasteiger partial charge in [0.25, 0.3) is 0 Å². The molecule has 0 saturated heterocycles. The summed E-state index contributed by atoms with van der Waals surface area (Å²) in [6.07, 6.45) is -0.0693. The first-order valence-corrected chi connectivity index (χ1v) is 9.07. The van der Waals surface area contributed by atoms with Gasteiger partial charge in [0.2, 0.25) is 5.75 Å². The highest BCUT2D eigenvalue weighted by molar-refractivity contribution is 5.93. The maximum absolute atomic E-state index is 11.8. The Bertz CT molecular complexity index is 829. The van der Waals surface area contributed by atoms with Crippen LogP contribution in [0.3, 0.4) is 0 Å². The van der Waals surface area contributed by atoms with Crippen LogP contribution in [-0.2, 0) is 6.54 Å². The second kappa shape index (κ2) is 9.48. The second-order valence-electron chi connectivity index (χ2n) is 6.31. The van der Waals surface area contributed by atoms with E-state index in [4.69, 9.17) is 14.2 Å². The van der Waals surface area contributed by atoms with Crippen LogP contribution < -0.4 is 19.5 Å². The molecule has 0 radical (unpaired) electrons. The molecule has 1 heterocycles. The molecule has 8 nitrogen and oxygen atoms in total. The Morgan fingerprint density at radius 3 is 2.36 bits per heavy atom. The van der Waals surface area contributed by atoms with Crippen molar-refractivity contribution >= 4 is 5.97 Å². The highest BCUT2D eigenvalue weighted by atomic mass is 16.5. The number of aliphatic hydroxyl groups excluding tert-OH is 1. The number of aromatic amines is 1. The number of aromatic carboxylic acids is 1. The average molecular weight is 392 g/mol. The van der Waals surface area contributed by atoms with Crippen LogP contribution in [0.2, 0.25) is 0 Å². The second-order valence-corrected chi connectivity index (χ2v) is 6.31. The van der Waals surface area contributed by atoms with Crippen molar-refractivity contribution in [3.05, 3.63) is 29.1 Å². The molecule has 28 heavy (non-hydrogen) atoms. The maximum atomic E-state index is 11.8. The summed E-state index contributed by atoms with van der Waals surface area (Å²) in [5.74, 6) is 0.140. The molecule has 0 fully saturated rings. The Labute approximate surface area is 164 Å². The molecule has 0 spiro atoms. The Kier molecular flexibility index (Phi) is 7.31. The number of carboxylic acids is 1. The highest BCUT2D eigenvalue weighted by Gasteiger charge is 2.29. The average Bonchev–Trinajstić information content (AvgIpc) is 3.06. The molecular formula is C20H28N2O6. The fourth-order valence-corrected chi connectivity index (χ4v) is 3.28. The number of rotatable bonds is 10. The Balaban J connectivity index is 2.80. The van der Waals surface area contributed by atoms with Crippen LogP contribution in [0.15, 0.2) is 12.1 Å². The van der Waals surface area contributed by atoms with Gasteiger partial charge in [-0.25, -0.2) is 4.79 Å². The van der Waals surface area contributed by atoms with E-state index in [9.17, 15) is 15.0 Å². The highest BCUT2D eigenvalue weighted by Crippen LogP contribution is 2.47. The van der Waals surface area contributed by atoms with E-state index in [1.165, 1.54) is 28.3 Å². The molecule has 0 bridgehead atoms. The number of ether oxygens (including phenoxy) is 3. The molecule has 154 valence electrons. The Hall–Kier alpha value is -2.71. The van der Waals surface area contributed by atoms with E-state index < -0.39 is 12.1 Å². The molecule has 0 saturated carbocycles. The molecule has 0 aliphatic carbocycles. The number of H-pyrrole nitrogens is 1. The zero-order chi connectivity index (χ0) is 20.8. The van der Waals surface area contributed by atoms with E-state index >= 15 is 0 Å². The Morgan fingerprint density at radius 2 is 1.86 bits per heavy atom. The molecule has 0 aliphatic rings. The third kappa shape index (κ3) is 4.07. The van der Waals surface area contributed by atoms with Gasteiger partial charge in [-0.1, -0.05) is 6.92 Å². The monoisotopic (exact) mass is 392 g/mol. The first kappa shape index (κ1) is 21.6. The number of aromatic nitrogens is 1. The summed E-state index contributed by atoms with van der Waals surface area (Å²) in [4.78, 5) is 14.7. The maximum Gasteiger partial charge on any atom is 0.352 e. The minimum absolute atomic E-state index is 0.0462. The van der Waals surface area contributed by atoms with E-state index in [1.807, 2.05) is 6.92 Å². The van der Waals surface area contributed by atoms with E-state index in [-0.39, 0.29) is 5.69 Å². The Morgan fingerprint density at radius 1 is 1.18 bits per heavy atom. The van der Waals surface area contributed by atoms with Gasteiger partial charge >= 0.3 is 5.97 Å². The lowest BCUT2D eigenvalue weighted by atomic mass is 9.95. The lowest BCUT2D eigenvalue weighted by molar-refractivity contribution is 0.0684. The smallest absolute Gasteiger partial charge is 0.352 e. The van der Waals surface area contributed by atoms with Gasteiger partial charge in [0.15, 0.2) is 11.5 Å². The fourth-order valence-electron chi connectivity index (χ4n) is 3.28. The van der Waals surface area contributed by atoms with Gasteiger partial charge in [-0.15, -0.1) is 0 Å². The molecule has 4 N–H and O–H groups in total. The van der Waals surface area contributed by atoms with Gasteiger partial charge in [-0.2, -0.15) is 0 Å². The van der Waals surface area contributed by atoms with Gasteiger partial charge < -0.3 is 34.7 Å². The lowest BCUT2D eigenvalue weighted by Crippen LogP contribution is -2.15. The number of nitrogens with one attached hydrogen (secondary N) is 2. The summed E-state index contributed by atoms with van der Waals surface area (Å²) in [5, 5.41) is 23.3. The summed E-state index contributed by atoms with van der Waals surface area (Å²) in [7, 11) is 4.53. The topological polar surface area (TPSA) is 113 Å². The van der Waals surface area contributed by atoms with Crippen LogP contribution in [0.25, 0.3) is 11.1 Å². The van der Waals surface area contributed by atoms with Gasteiger partial charge in [-0.05, 0) is 32.0 Å². The normalized spacial score (nSPS) is 11.9. The number of aliphatic hydroxyl groups is 1. The molecule has 0 aliphatic heterocycles. The SMILES string of the molecule is CCCNCc1[nH]c(C(=O)O)c(C(C)O)c1-c1ccc(OC)c(OC)c1OC. The number of hydrogen-bond donors (Lipinski definition) is 4. The third-order valence-electron chi connectivity index (χ3n) is 4.45. The number of hydrogen-bond acceptors (Lipinski definition) is 6. The van der Waals surface area contributed by atoms with Crippen molar-refractivity contribution in [1.29, 1.82) is 0 Å². The van der Waals surface area contributed by atoms with E-state index in [1.54, 1.807) is 12.1 Å². The van der Waals surface area contributed by atoms with Crippen LogP contribution in [-0.4, -0.2) is 49.0 Å². The zero-order valence-electron chi connectivity index (χ0n) is 16.9. The first-order valence-electron chi connectivity index (χ1n) is 9.07. The van der Waals surface area contributed by atoms with Gasteiger partial charge in [-0.3, -0.25) is 0 Å². The van der Waals surface area contributed by atoms with Gasteiger partial charge in [0.05, 0.1) is 27.4 Å². The summed E-state index contributed by atoms with van der Waals surface area (Å²) < 4.78 is 16.4. The van der Waals surface area contributed by atoms with Crippen molar-refractivity contribution in [2.75, 3.05) is 27.9 Å². The fraction of sp³-hybridized carbons (Fsp3) is 0.450. The number of benzene rings is 1. The van der Waals surface area contributed by atoms with Crippen molar-refractivity contribution in [3.8, 4) is 28.4 Å². The molecule has 1 aromatic heterocycles. The predicted molar refractivity (Wildman–Crippen MR) is 105 cm³/mol. The number of carboxylic acid groups (broad SMARTS) is 1. The van der Waals surface area contributed by atoms with Crippen LogP contribution in [0.4, 0.5) is 0 Å². The van der Waals surface area contributed by atoms with E-state index in [2.05, 4.69) is 10.3 Å².